The maximum absolute atomic E-state index is 5.81. The molecule has 0 aliphatic carbocycles. The molecule has 0 radical (unpaired) electrons. The molecule has 0 aromatic rings. The summed E-state index contributed by atoms with van der Waals surface area (Å²) in [5.41, 5.74) is 0. The predicted molar refractivity (Wildman–Crippen MR) is 72.3 cm³/mol. The molecule has 1 fully saturated rings. The van der Waals surface area contributed by atoms with Crippen LogP contribution in [0.4, 0.5) is 0 Å². The number of likely N-dealkylation sites (tertiary alicyclic amines) is 1. The van der Waals surface area contributed by atoms with Crippen molar-refractivity contribution in [3.63, 3.8) is 0 Å². The van der Waals surface area contributed by atoms with E-state index in [4.69, 9.17) is 11.6 Å². The molecule has 1 rings (SSSR count). The first-order valence-corrected chi connectivity index (χ1v) is 7.29. The monoisotopic (exact) mass is 246 g/mol. The van der Waals surface area contributed by atoms with Crippen LogP contribution in [0.5, 0.6) is 0 Å². The predicted octanol–water partition coefficient (Wildman–Crippen LogP) is 2.72. The van der Waals surface area contributed by atoms with E-state index >= 15 is 0 Å². The molecular formula is C13H27ClN2. The summed E-state index contributed by atoms with van der Waals surface area (Å²) in [6, 6.07) is 0.594. The quantitative estimate of drug-likeness (QED) is 0.523. The van der Waals surface area contributed by atoms with Gasteiger partial charge in [0.15, 0.2) is 0 Å². The average molecular weight is 247 g/mol. The molecule has 96 valence electrons. The Kier molecular flexibility index (Phi) is 7.42. The van der Waals surface area contributed by atoms with Gasteiger partial charge in [0, 0.05) is 11.9 Å². The van der Waals surface area contributed by atoms with Crippen LogP contribution in [0.15, 0.2) is 0 Å². The van der Waals surface area contributed by atoms with E-state index in [1.807, 2.05) is 0 Å². The number of hydrogen-bond acceptors (Lipinski definition) is 2. The molecule has 1 heterocycles. The zero-order chi connectivity index (χ0) is 11.8. The minimum absolute atomic E-state index is 0.594. The van der Waals surface area contributed by atoms with Gasteiger partial charge in [-0.2, -0.15) is 0 Å². The molecule has 1 saturated heterocycles. The van der Waals surface area contributed by atoms with Crippen molar-refractivity contribution in [3.05, 3.63) is 0 Å². The Morgan fingerprint density at radius 2 is 1.94 bits per heavy atom. The molecule has 0 aromatic heterocycles. The zero-order valence-corrected chi connectivity index (χ0v) is 11.6. The molecule has 1 N–H and O–H groups in total. The van der Waals surface area contributed by atoms with Gasteiger partial charge in [0.25, 0.3) is 0 Å². The number of halogens is 1. The van der Waals surface area contributed by atoms with Crippen LogP contribution in [-0.2, 0) is 0 Å². The molecule has 0 spiro atoms. The van der Waals surface area contributed by atoms with Gasteiger partial charge in [-0.3, -0.25) is 0 Å². The fraction of sp³-hybridized carbons (Fsp3) is 1.00. The highest BCUT2D eigenvalue weighted by atomic mass is 35.5. The minimum Gasteiger partial charge on any atom is -0.314 e. The molecule has 1 unspecified atom stereocenters. The number of hydrogen-bond donors (Lipinski definition) is 1. The van der Waals surface area contributed by atoms with Gasteiger partial charge >= 0.3 is 0 Å². The van der Waals surface area contributed by atoms with Crippen LogP contribution in [0.25, 0.3) is 0 Å². The summed E-state index contributed by atoms with van der Waals surface area (Å²) in [5.74, 6) is 1.45. The van der Waals surface area contributed by atoms with E-state index in [9.17, 15) is 0 Å². The van der Waals surface area contributed by atoms with Gasteiger partial charge in [-0.1, -0.05) is 13.8 Å². The molecule has 3 heteroatoms. The third kappa shape index (κ3) is 5.51. The second-order valence-electron chi connectivity index (χ2n) is 5.18. The van der Waals surface area contributed by atoms with E-state index in [0.29, 0.717) is 12.0 Å². The second-order valence-corrected chi connectivity index (χ2v) is 5.56. The SMILES string of the molecule is CC(C)C(CCCl)NCCCN1CCCC1. The van der Waals surface area contributed by atoms with Crippen molar-refractivity contribution in [2.45, 2.75) is 45.6 Å². The highest BCUT2D eigenvalue weighted by molar-refractivity contribution is 6.17. The van der Waals surface area contributed by atoms with Gasteiger partial charge in [-0.15, -0.1) is 11.6 Å². The Labute approximate surface area is 106 Å². The van der Waals surface area contributed by atoms with Crippen LogP contribution >= 0.6 is 11.6 Å². The Morgan fingerprint density at radius 1 is 1.25 bits per heavy atom. The standard InChI is InChI=1S/C13H27ClN2/c1-12(2)13(6-7-14)15-8-5-11-16-9-3-4-10-16/h12-13,15H,3-11H2,1-2H3. The first kappa shape index (κ1) is 14.3. The summed E-state index contributed by atoms with van der Waals surface area (Å²) < 4.78 is 0. The largest absolute Gasteiger partial charge is 0.314 e. The molecule has 1 atom stereocenters. The number of alkyl halides is 1. The summed E-state index contributed by atoms with van der Waals surface area (Å²) >= 11 is 5.81. The lowest BCUT2D eigenvalue weighted by atomic mass is 10.0. The fourth-order valence-corrected chi connectivity index (χ4v) is 2.62. The summed E-state index contributed by atoms with van der Waals surface area (Å²) in [5, 5.41) is 3.63. The molecule has 2 nitrogen and oxygen atoms in total. The maximum atomic E-state index is 5.81. The molecule has 0 bridgehead atoms. The summed E-state index contributed by atoms with van der Waals surface area (Å²) in [6.07, 6.45) is 5.15. The molecule has 16 heavy (non-hydrogen) atoms. The lowest BCUT2D eigenvalue weighted by molar-refractivity contribution is 0.318. The first-order valence-electron chi connectivity index (χ1n) is 6.75. The molecular weight excluding hydrogens is 220 g/mol. The van der Waals surface area contributed by atoms with Gasteiger partial charge in [-0.25, -0.2) is 0 Å². The van der Waals surface area contributed by atoms with Crippen LogP contribution in [0.3, 0.4) is 0 Å². The number of nitrogens with one attached hydrogen (secondary N) is 1. The van der Waals surface area contributed by atoms with E-state index in [0.717, 1.165) is 18.8 Å². The molecule has 1 aliphatic heterocycles. The van der Waals surface area contributed by atoms with Crippen LogP contribution in [0.2, 0.25) is 0 Å². The maximum Gasteiger partial charge on any atom is 0.0238 e. The normalized spacial score (nSPS) is 19.5. The van der Waals surface area contributed by atoms with E-state index < -0.39 is 0 Å². The topological polar surface area (TPSA) is 15.3 Å². The molecule has 0 saturated carbocycles. The molecule has 0 aromatic carbocycles. The highest BCUT2D eigenvalue weighted by Crippen LogP contribution is 2.09. The highest BCUT2D eigenvalue weighted by Gasteiger charge is 2.13. The second kappa shape index (κ2) is 8.32. The van der Waals surface area contributed by atoms with Crippen molar-refractivity contribution in [1.29, 1.82) is 0 Å². The van der Waals surface area contributed by atoms with Crippen molar-refractivity contribution in [3.8, 4) is 0 Å². The third-order valence-corrected chi connectivity index (χ3v) is 3.70. The Balaban J connectivity index is 2.03. The van der Waals surface area contributed by atoms with Gasteiger partial charge in [0.2, 0.25) is 0 Å². The lowest BCUT2D eigenvalue weighted by Gasteiger charge is -2.22. The van der Waals surface area contributed by atoms with E-state index in [1.54, 1.807) is 0 Å². The number of nitrogens with zero attached hydrogens (tertiary/aromatic N) is 1. The minimum atomic E-state index is 0.594. The fourth-order valence-electron chi connectivity index (χ4n) is 2.38. The Bertz CT molecular complexity index is 167. The van der Waals surface area contributed by atoms with Gasteiger partial charge in [0.05, 0.1) is 0 Å². The van der Waals surface area contributed by atoms with Gasteiger partial charge < -0.3 is 10.2 Å². The van der Waals surface area contributed by atoms with Crippen molar-refractivity contribution >= 4 is 11.6 Å². The van der Waals surface area contributed by atoms with E-state index in [2.05, 4.69) is 24.1 Å². The average Bonchev–Trinajstić information content (AvgIpc) is 2.75. The van der Waals surface area contributed by atoms with Crippen molar-refractivity contribution in [1.82, 2.24) is 10.2 Å². The Morgan fingerprint density at radius 3 is 2.50 bits per heavy atom. The van der Waals surface area contributed by atoms with Crippen LogP contribution in [-0.4, -0.2) is 43.0 Å². The van der Waals surface area contributed by atoms with Crippen molar-refractivity contribution in [2.75, 3.05) is 32.1 Å². The molecule has 0 amide bonds. The summed E-state index contributed by atoms with van der Waals surface area (Å²) in [6.45, 7) is 9.56. The van der Waals surface area contributed by atoms with E-state index in [-0.39, 0.29) is 0 Å². The summed E-state index contributed by atoms with van der Waals surface area (Å²) in [4.78, 5) is 2.58. The van der Waals surface area contributed by atoms with Gasteiger partial charge in [0.1, 0.15) is 0 Å². The third-order valence-electron chi connectivity index (χ3n) is 3.48. The zero-order valence-electron chi connectivity index (χ0n) is 10.8. The van der Waals surface area contributed by atoms with Crippen LogP contribution < -0.4 is 5.32 Å². The lowest BCUT2D eigenvalue weighted by Crippen LogP contribution is -2.36. The Hall–Kier alpha value is 0.210. The van der Waals surface area contributed by atoms with Crippen molar-refractivity contribution < 1.29 is 0 Å². The van der Waals surface area contributed by atoms with Crippen molar-refractivity contribution in [2.24, 2.45) is 5.92 Å². The van der Waals surface area contributed by atoms with Gasteiger partial charge in [-0.05, 0) is 57.8 Å². The molecule has 1 aliphatic rings. The van der Waals surface area contributed by atoms with E-state index in [1.165, 1.54) is 38.9 Å². The number of rotatable bonds is 8. The smallest absolute Gasteiger partial charge is 0.0238 e. The van der Waals surface area contributed by atoms with Crippen LogP contribution in [0, 0.1) is 5.92 Å². The van der Waals surface area contributed by atoms with Crippen LogP contribution in [0.1, 0.15) is 39.5 Å². The summed E-state index contributed by atoms with van der Waals surface area (Å²) in [7, 11) is 0. The first-order chi connectivity index (χ1) is 7.74.